The number of aromatic nitrogens is 5. The van der Waals surface area contributed by atoms with Crippen LogP contribution in [0.1, 0.15) is 11.5 Å². The van der Waals surface area contributed by atoms with Gasteiger partial charge in [-0.2, -0.15) is 18.2 Å². The van der Waals surface area contributed by atoms with Crippen molar-refractivity contribution >= 4 is 16.9 Å². The number of hydrogen-bond acceptors (Lipinski definition) is 7. The van der Waals surface area contributed by atoms with Crippen molar-refractivity contribution < 1.29 is 17.7 Å². The quantitative estimate of drug-likeness (QED) is 0.481. The van der Waals surface area contributed by atoms with E-state index in [2.05, 4.69) is 57.7 Å². The van der Waals surface area contributed by atoms with Crippen molar-refractivity contribution in [3.05, 3.63) is 78.4 Å². The van der Waals surface area contributed by atoms with E-state index in [0.29, 0.717) is 12.5 Å². The van der Waals surface area contributed by atoms with Crippen molar-refractivity contribution in [2.75, 3.05) is 11.9 Å². The summed E-state index contributed by atoms with van der Waals surface area (Å²) in [6.45, 7) is 1.47. The third-order valence-corrected chi connectivity index (χ3v) is 5.20. The zero-order valence-corrected chi connectivity index (χ0v) is 17.4. The fourth-order valence-electron chi connectivity index (χ4n) is 3.60. The molecule has 1 aromatic carbocycles. The molecule has 11 heteroatoms. The number of nitrogens with one attached hydrogen (secondary N) is 1. The SMILES string of the molecule is Cn1cc(CN2C=CC(Nc3ncc(-c4noc(C(F)(F)F)n4)cn3)=CC2)c2ccccc21. The number of alkyl halides is 3. The molecule has 0 bridgehead atoms. The lowest BCUT2D eigenvalue weighted by molar-refractivity contribution is -0.159. The molecule has 0 aliphatic carbocycles. The summed E-state index contributed by atoms with van der Waals surface area (Å²) >= 11 is 0. The van der Waals surface area contributed by atoms with E-state index in [1.807, 2.05) is 37.5 Å². The number of benzene rings is 1. The highest BCUT2D eigenvalue weighted by atomic mass is 19.4. The van der Waals surface area contributed by atoms with Crippen LogP contribution in [-0.4, -0.2) is 36.1 Å². The van der Waals surface area contributed by atoms with Crippen molar-refractivity contribution in [3.63, 3.8) is 0 Å². The first-order chi connectivity index (χ1) is 15.9. The number of halogens is 3. The average molecular weight is 453 g/mol. The van der Waals surface area contributed by atoms with Crippen molar-refractivity contribution in [3.8, 4) is 11.4 Å². The number of fused-ring (bicyclic) bond motifs is 1. The maximum atomic E-state index is 12.6. The molecule has 0 saturated carbocycles. The highest BCUT2D eigenvalue weighted by Gasteiger charge is 2.38. The van der Waals surface area contributed by atoms with Crippen LogP contribution in [0.25, 0.3) is 22.3 Å². The Kier molecular flexibility index (Phi) is 5.08. The third kappa shape index (κ3) is 4.29. The van der Waals surface area contributed by atoms with Crippen molar-refractivity contribution in [2.24, 2.45) is 7.05 Å². The second kappa shape index (κ2) is 8.08. The number of aryl methyl sites for hydroxylation is 1. The molecule has 0 radical (unpaired) electrons. The normalized spacial score (nSPS) is 14.1. The zero-order chi connectivity index (χ0) is 23.0. The van der Waals surface area contributed by atoms with Crippen LogP contribution in [0.2, 0.25) is 0 Å². The van der Waals surface area contributed by atoms with Gasteiger partial charge in [0.2, 0.25) is 11.8 Å². The Morgan fingerprint density at radius 2 is 1.94 bits per heavy atom. The van der Waals surface area contributed by atoms with Gasteiger partial charge in [0.15, 0.2) is 0 Å². The molecule has 0 saturated heterocycles. The average Bonchev–Trinajstić information content (AvgIpc) is 3.42. The Bertz CT molecular complexity index is 1350. The van der Waals surface area contributed by atoms with Gasteiger partial charge in [0.25, 0.3) is 0 Å². The second-order valence-corrected chi connectivity index (χ2v) is 7.53. The molecule has 33 heavy (non-hydrogen) atoms. The molecule has 1 aliphatic rings. The third-order valence-electron chi connectivity index (χ3n) is 5.20. The predicted octanol–water partition coefficient (Wildman–Crippen LogP) is 4.36. The van der Waals surface area contributed by atoms with E-state index in [-0.39, 0.29) is 11.4 Å². The van der Waals surface area contributed by atoms with Gasteiger partial charge in [0, 0.05) is 61.5 Å². The van der Waals surface area contributed by atoms with Crippen LogP contribution in [0, 0.1) is 0 Å². The van der Waals surface area contributed by atoms with E-state index in [9.17, 15) is 13.2 Å². The monoisotopic (exact) mass is 453 g/mol. The highest BCUT2D eigenvalue weighted by molar-refractivity contribution is 5.83. The minimum absolute atomic E-state index is 0.217. The lowest BCUT2D eigenvalue weighted by Gasteiger charge is -2.22. The van der Waals surface area contributed by atoms with Gasteiger partial charge >= 0.3 is 12.1 Å². The van der Waals surface area contributed by atoms with E-state index >= 15 is 0 Å². The number of rotatable bonds is 5. The molecule has 0 atom stereocenters. The maximum absolute atomic E-state index is 12.6. The Morgan fingerprint density at radius 1 is 1.15 bits per heavy atom. The molecule has 5 rings (SSSR count). The summed E-state index contributed by atoms with van der Waals surface area (Å²) in [5.41, 5.74) is 3.48. The fourth-order valence-corrected chi connectivity index (χ4v) is 3.60. The maximum Gasteiger partial charge on any atom is 0.471 e. The summed E-state index contributed by atoms with van der Waals surface area (Å²) in [6, 6.07) is 8.30. The van der Waals surface area contributed by atoms with Gasteiger partial charge in [-0.15, -0.1) is 0 Å². The van der Waals surface area contributed by atoms with E-state index in [1.54, 1.807) is 0 Å². The lowest BCUT2D eigenvalue weighted by Crippen LogP contribution is -2.21. The summed E-state index contributed by atoms with van der Waals surface area (Å²) in [5.74, 6) is -1.34. The number of hydrogen-bond donors (Lipinski definition) is 1. The summed E-state index contributed by atoms with van der Waals surface area (Å²) in [7, 11) is 2.04. The molecule has 1 aliphatic heterocycles. The molecule has 4 aromatic rings. The van der Waals surface area contributed by atoms with Gasteiger partial charge in [-0.05, 0) is 23.8 Å². The Labute approximate surface area is 186 Å². The Morgan fingerprint density at radius 3 is 2.64 bits per heavy atom. The predicted molar refractivity (Wildman–Crippen MR) is 115 cm³/mol. The highest BCUT2D eigenvalue weighted by Crippen LogP contribution is 2.29. The first-order valence-electron chi connectivity index (χ1n) is 10.0. The topological polar surface area (TPSA) is 84.9 Å². The van der Waals surface area contributed by atoms with Crippen LogP contribution in [0.5, 0.6) is 0 Å². The largest absolute Gasteiger partial charge is 0.471 e. The smallest absolute Gasteiger partial charge is 0.369 e. The summed E-state index contributed by atoms with van der Waals surface area (Å²) in [5, 5.41) is 7.64. The minimum Gasteiger partial charge on any atom is -0.369 e. The molecule has 168 valence electrons. The van der Waals surface area contributed by atoms with Crippen molar-refractivity contribution in [1.82, 2.24) is 29.6 Å². The van der Waals surface area contributed by atoms with E-state index in [4.69, 9.17) is 0 Å². The molecule has 4 heterocycles. The zero-order valence-electron chi connectivity index (χ0n) is 17.4. The van der Waals surface area contributed by atoms with Gasteiger partial charge in [-0.1, -0.05) is 23.4 Å². The van der Waals surface area contributed by atoms with Crippen LogP contribution in [0.3, 0.4) is 0 Å². The second-order valence-electron chi connectivity index (χ2n) is 7.53. The van der Waals surface area contributed by atoms with E-state index < -0.39 is 12.1 Å². The number of anilines is 1. The van der Waals surface area contributed by atoms with E-state index in [1.165, 1.54) is 28.9 Å². The molecule has 0 amide bonds. The summed E-state index contributed by atoms with van der Waals surface area (Å²) in [6.07, 6.45) is 6.04. The van der Waals surface area contributed by atoms with Crippen LogP contribution >= 0.6 is 0 Å². The van der Waals surface area contributed by atoms with Crippen LogP contribution in [-0.2, 0) is 19.8 Å². The van der Waals surface area contributed by atoms with Crippen LogP contribution in [0.4, 0.5) is 19.1 Å². The molecule has 3 aromatic heterocycles. The molecule has 0 fully saturated rings. The molecule has 8 nitrogen and oxygen atoms in total. The first kappa shape index (κ1) is 20.7. The first-order valence-corrected chi connectivity index (χ1v) is 10.0. The molecule has 0 unspecified atom stereocenters. The van der Waals surface area contributed by atoms with Gasteiger partial charge in [-0.3, -0.25) is 0 Å². The molecular weight excluding hydrogens is 435 g/mol. The fraction of sp³-hybridized carbons (Fsp3) is 0.182. The van der Waals surface area contributed by atoms with Crippen molar-refractivity contribution in [1.29, 1.82) is 0 Å². The Hall–Kier alpha value is -4.15. The summed E-state index contributed by atoms with van der Waals surface area (Å²) < 4.78 is 44.2. The number of nitrogens with zero attached hydrogens (tertiary/aromatic N) is 6. The number of para-hydroxylation sites is 1. The van der Waals surface area contributed by atoms with Gasteiger partial charge < -0.3 is 19.3 Å². The Balaban J connectivity index is 1.21. The lowest BCUT2D eigenvalue weighted by atomic mass is 10.1. The van der Waals surface area contributed by atoms with Gasteiger partial charge in [-0.25, -0.2) is 9.97 Å². The molecular formula is C22H18F3N7O. The van der Waals surface area contributed by atoms with Crippen molar-refractivity contribution in [2.45, 2.75) is 12.7 Å². The molecule has 1 N–H and O–H groups in total. The number of allylic oxidation sites excluding steroid dienone is 1. The van der Waals surface area contributed by atoms with Crippen LogP contribution in [0.15, 0.2) is 71.4 Å². The molecule has 0 spiro atoms. The van der Waals surface area contributed by atoms with Gasteiger partial charge in [0.1, 0.15) is 0 Å². The van der Waals surface area contributed by atoms with Gasteiger partial charge in [0.05, 0.1) is 5.56 Å². The van der Waals surface area contributed by atoms with E-state index in [0.717, 1.165) is 12.2 Å². The van der Waals surface area contributed by atoms with Crippen LogP contribution < -0.4 is 5.32 Å². The minimum atomic E-state index is -4.70. The summed E-state index contributed by atoms with van der Waals surface area (Å²) in [4.78, 5) is 13.8. The standard InChI is InChI=1S/C22H18F3N7O/c1-31-12-15(17-4-2-3-5-18(17)31)13-32-8-6-16(7-9-32)28-21-26-10-14(11-27-21)19-29-20(33-30-19)22(23,24)25/h2-8,10-12H,9,13H2,1H3,(H,26,27,28).